The Kier molecular flexibility index (Phi) is 1.90. The molecule has 1 fully saturated rings. The molecule has 1 nitrogen and oxygen atoms in total. The average Bonchev–Trinajstić information content (AvgIpc) is 2.12. The van der Waals surface area contributed by atoms with Gasteiger partial charge in [-0.05, 0) is 18.8 Å². The molecule has 1 radical (unpaired) electrons. The van der Waals surface area contributed by atoms with Crippen LogP contribution in [0.4, 0.5) is 0 Å². The van der Waals surface area contributed by atoms with Gasteiger partial charge in [0.15, 0.2) is 0 Å². The second kappa shape index (κ2) is 2.49. The van der Waals surface area contributed by atoms with Crippen molar-refractivity contribution < 1.29 is 4.74 Å². The first-order valence-electron chi connectivity index (χ1n) is 3.22. The molecule has 0 saturated carbocycles. The highest BCUT2D eigenvalue weighted by Gasteiger charge is 2.18. The zero-order valence-corrected chi connectivity index (χ0v) is 5.61. The predicted octanol–water partition coefficient (Wildman–Crippen LogP) is 1.78. The Balaban J connectivity index is 2.24. The summed E-state index contributed by atoms with van der Waals surface area (Å²) >= 11 is 0. The van der Waals surface area contributed by atoms with Crippen LogP contribution in [0.5, 0.6) is 0 Å². The van der Waals surface area contributed by atoms with Crippen molar-refractivity contribution in [3.05, 3.63) is 5.92 Å². The van der Waals surface area contributed by atoms with E-state index < -0.39 is 0 Å². The van der Waals surface area contributed by atoms with Crippen molar-refractivity contribution in [1.29, 1.82) is 0 Å². The van der Waals surface area contributed by atoms with E-state index in [1.165, 1.54) is 18.8 Å². The van der Waals surface area contributed by atoms with E-state index in [0.29, 0.717) is 6.10 Å². The van der Waals surface area contributed by atoms with E-state index in [4.69, 9.17) is 4.74 Å². The highest BCUT2D eigenvalue weighted by molar-refractivity contribution is 4.90. The Bertz CT molecular complexity index is 62.8. The second-order valence-corrected chi connectivity index (χ2v) is 2.58. The lowest BCUT2D eigenvalue weighted by atomic mass is 10.1. The lowest BCUT2D eigenvalue weighted by Gasteiger charge is -2.11. The zero-order valence-electron chi connectivity index (χ0n) is 5.61. The fourth-order valence-electron chi connectivity index (χ4n) is 1.03. The number of ether oxygens (including phenoxy) is 1. The molecule has 0 aromatic rings. The summed E-state index contributed by atoms with van der Waals surface area (Å²) in [6.45, 7) is 5.24. The maximum atomic E-state index is 5.38. The van der Waals surface area contributed by atoms with Crippen molar-refractivity contribution in [3.8, 4) is 0 Å². The Morgan fingerprint density at radius 3 is 2.50 bits per heavy atom. The lowest BCUT2D eigenvalue weighted by molar-refractivity contribution is 0.122. The van der Waals surface area contributed by atoms with Crippen LogP contribution in [-0.2, 0) is 4.74 Å². The van der Waals surface area contributed by atoms with E-state index >= 15 is 0 Å². The van der Waals surface area contributed by atoms with Crippen LogP contribution in [-0.4, -0.2) is 12.7 Å². The van der Waals surface area contributed by atoms with Gasteiger partial charge in [0.2, 0.25) is 0 Å². The summed E-state index contributed by atoms with van der Waals surface area (Å²) in [5.41, 5.74) is 0. The summed E-state index contributed by atoms with van der Waals surface area (Å²) in [6.07, 6.45) is 2.97. The van der Waals surface area contributed by atoms with Gasteiger partial charge in [-0.3, -0.25) is 0 Å². The van der Waals surface area contributed by atoms with E-state index in [1.807, 2.05) is 0 Å². The van der Waals surface area contributed by atoms with Gasteiger partial charge in [0, 0.05) is 6.61 Å². The van der Waals surface area contributed by atoms with Gasteiger partial charge in [0.1, 0.15) is 0 Å². The molecule has 1 saturated heterocycles. The first-order valence-corrected chi connectivity index (χ1v) is 3.22. The number of rotatable bonds is 1. The van der Waals surface area contributed by atoms with Crippen molar-refractivity contribution in [2.45, 2.75) is 32.8 Å². The maximum Gasteiger partial charge on any atom is 0.0632 e. The van der Waals surface area contributed by atoms with Gasteiger partial charge in [-0.15, -0.1) is 0 Å². The van der Waals surface area contributed by atoms with Crippen molar-refractivity contribution in [2.75, 3.05) is 6.61 Å². The molecule has 1 rings (SSSR count). The summed E-state index contributed by atoms with van der Waals surface area (Å²) in [7, 11) is 0. The van der Waals surface area contributed by atoms with Gasteiger partial charge in [0.25, 0.3) is 0 Å². The van der Waals surface area contributed by atoms with Gasteiger partial charge in [0.05, 0.1) is 6.10 Å². The third kappa shape index (κ3) is 1.22. The van der Waals surface area contributed by atoms with Crippen molar-refractivity contribution in [2.24, 2.45) is 0 Å². The van der Waals surface area contributed by atoms with Crippen LogP contribution in [0.3, 0.4) is 0 Å². The average molecular weight is 113 g/mol. The molecule has 1 heteroatoms. The topological polar surface area (TPSA) is 9.23 Å². The third-order valence-electron chi connectivity index (χ3n) is 1.57. The molecule has 0 N–H and O–H groups in total. The summed E-state index contributed by atoms with van der Waals surface area (Å²) in [6, 6.07) is 0. The van der Waals surface area contributed by atoms with Crippen LogP contribution >= 0.6 is 0 Å². The monoisotopic (exact) mass is 113 g/mol. The summed E-state index contributed by atoms with van der Waals surface area (Å²) in [5, 5.41) is 0. The van der Waals surface area contributed by atoms with Crippen LogP contribution in [0.15, 0.2) is 0 Å². The Labute approximate surface area is 51.0 Å². The van der Waals surface area contributed by atoms with Gasteiger partial charge < -0.3 is 4.74 Å². The molecule has 0 aromatic heterocycles. The van der Waals surface area contributed by atoms with Crippen molar-refractivity contribution >= 4 is 0 Å². The minimum atomic E-state index is 0.481. The van der Waals surface area contributed by atoms with E-state index in [-0.39, 0.29) is 0 Å². The predicted molar refractivity (Wildman–Crippen MR) is 33.6 cm³/mol. The number of hydrogen-bond donors (Lipinski definition) is 0. The van der Waals surface area contributed by atoms with Crippen LogP contribution in [0.2, 0.25) is 0 Å². The molecule has 1 aliphatic rings. The Morgan fingerprint density at radius 2 is 2.25 bits per heavy atom. The number of hydrogen-bond acceptors (Lipinski definition) is 1. The van der Waals surface area contributed by atoms with Gasteiger partial charge in [-0.2, -0.15) is 0 Å². The fourth-order valence-corrected chi connectivity index (χ4v) is 1.03. The fraction of sp³-hybridized carbons (Fsp3) is 0.857. The molecule has 1 unspecified atom stereocenters. The summed E-state index contributed by atoms with van der Waals surface area (Å²) in [4.78, 5) is 0. The molecule has 0 aliphatic carbocycles. The van der Waals surface area contributed by atoms with E-state index in [9.17, 15) is 0 Å². The van der Waals surface area contributed by atoms with Gasteiger partial charge in [-0.25, -0.2) is 0 Å². The smallest absolute Gasteiger partial charge is 0.0632 e. The van der Waals surface area contributed by atoms with Crippen molar-refractivity contribution in [3.63, 3.8) is 0 Å². The standard InChI is InChI=1S/C7H13O/c1-6(2)7-4-3-5-8-7/h7H,3-5H2,1-2H3. The zero-order chi connectivity index (χ0) is 5.98. The summed E-state index contributed by atoms with van der Waals surface area (Å²) < 4.78 is 5.38. The first kappa shape index (κ1) is 6.09. The Hall–Kier alpha value is -0.0400. The molecule has 0 bridgehead atoms. The van der Waals surface area contributed by atoms with E-state index in [0.717, 1.165) is 6.61 Å². The van der Waals surface area contributed by atoms with E-state index in [2.05, 4.69) is 13.8 Å². The molecule has 8 heavy (non-hydrogen) atoms. The normalized spacial score (nSPS) is 29.6. The minimum absolute atomic E-state index is 0.481. The van der Waals surface area contributed by atoms with Crippen LogP contribution in [0.25, 0.3) is 0 Å². The second-order valence-electron chi connectivity index (χ2n) is 2.58. The van der Waals surface area contributed by atoms with Crippen LogP contribution in [0.1, 0.15) is 26.7 Å². The molecule has 0 amide bonds. The molecule has 47 valence electrons. The quantitative estimate of drug-likeness (QED) is 0.503. The third-order valence-corrected chi connectivity index (χ3v) is 1.57. The molecule has 1 aliphatic heterocycles. The molecule has 0 aromatic carbocycles. The molecule has 0 spiro atoms. The lowest BCUT2D eigenvalue weighted by Crippen LogP contribution is -2.10. The highest BCUT2D eigenvalue weighted by Crippen LogP contribution is 2.20. The van der Waals surface area contributed by atoms with Crippen molar-refractivity contribution in [1.82, 2.24) is 0 Å². The van der Waals surface area contributed by atoms with E-state index in [1.54, 1.807) is 0 Å². The van der Waals surface area contributed by atoms with Gasteiger partial charge >= 0.3 is 0 Å². The highest BCUT2D eigenvalue weighted by atomic mass is 16.5. The molecule has 1 heterocycles. The molecular formula is C7H13O. The Morgan fingerprint density at radius 1 is 1.50 bits per heavy atom. The van der Waals surface area contributed by atoms with Crippen LogP contribution in [0, 0.1) is 5.92 Å². The first-order chi connectivity index (χ1) is 3.80. The van der Waals surface area contributed by atoms with Gasteiger partial charge in [-0.1, -0.05) is 13.8 Å². The summed E-state index contributed by atoms with van der Waals surface area (Å²) in [5.74, 6) is 1.42. The molecule has 1 atom stereocenters. The largest absolute Gasteiger partial charge is 0.378 e. The maximum absolute atomic E-state index is 5.38. The SMILES string of the molecule is C[C](C)C1CCCO1. The van der Waals surface area contributed by atoms with Crippen LogP contribution < -0.4 is 0 Å². The molecular weight excluding hydrogens is 100 g/mol. The minimum Gasteiger partial charge on any atom is -0.378 e.